The van der Waals surface area contributed by atoms with E-state index in [2.05, 4.69) is 10.6 Å². The Morgan fingerprint density at radius 3 is 2.33 bits per heavy atom. The number of rotatable bonds is 11. The van der Waals surface area contributed by atoms with Gasteiger partial charge in [0.25, 0.3) is 0 Å². The van der Waals surface area contributed by atoms with Crippen LogP contribution in [0.5, 0.6) is 0 Å². The number of carboxylic acids is 1. The zero-order valence-electron chi connectivity index (χ0n) is 20.3. The highest BCUT2D eigenvalue weighted by molar-refractivity contribution is 5.93. The molecule has 9 nitrogen and oxygen atoms in total. The number of aliphatic carboxylic acids is 1. The van der Waals surface area contributed by atoms with Gasteiger partial charge in [-0.05, 0) is 43.9 Å². The minimum Gasteiger partial charge on any atom is -0.480 e. The van der Waals surface area contributed by atoms with Gasteiger partial charge >= 0.3 is 12.1 Å². The van der Waals surface area contributed by atoms with E-state index in [4.69, 9.17) is 4.74 Å². The van der Waals surface area contributed by atoms with E-state index >= 15 is 0 Å². The van der Waals surface area contributed by atoms with E-state index in [9.17, 15) is 24.3 Å². The predicted octanol–water partition coefficient (Wildman–Crippen LogP) is 3.07. The molecule has 1 saturated heterocycles. The van der Waals surface area contributed by atoms with Crippen molar-refractivity contribution < 1.29 is 29.0 Å². The molecule has 1 aliphatic heterocycles. The highest BCUT2D eigenvalue weighted by Crippen LogP contribution is 2.29. The van der Waals surface area contributed by atoms with Crippen LogP contribution < -0.4 is 10.6 Å². The van der Waals surface area contributed by atoms with Crippen molar-refractivity contribution in [1.29, 1.82) is 0 Å². The summed E-state index contributed by atoms with van der Waals surface area (Å²) in [5, 5.41) is 14.9. The number of unbranched alkanes of at least 4 members (excludes halogenated alkanes) is 1. The number of likely N-dealkylation sites (tertiary alicyclic amines) is 1. The van der Waals surface area contributed by atoms with Crippen molar-refractivity contribution >= 4 is 23.9 Å². The zero-order valence-corrected chi connectivity index (χ0v) is 20.3. The lowest BCUT2D eigenvalue weighted by Crippen LogP contribution is -2.57. The minimum atomic E-state index is -1.07. The van der Waals surface area contributed by atoms with Crippen LogP contribution in [0.4, 0.5) is 4.79 Å². The van der Waals surface area contributed by atoms with Gasteiger partial charge in [-0.15, -0.1) is 0 Å². The summed E-state index contributed by atoms with van der Waals surface area (Å²) < 4.78 is 5.26. The standard InChI is InChI=1S/C24H41N3O6/c1-4-5-12-18(23(30)31)25-21(28)19-13-9-14-27(19)22(29)20(17-10-7-6-8-11-17)26-24(32)33-15-16(2)3/h16-20H,4-15H2,1-3H3,(H,25,28)(H,26,32)(H,30,31). The summed E-state index contributed by atoms with van der Waals surface area (Å²) in [6, 6.07) is -2.43. The maximum Gasteiger partial charge on any atom is 0.407 e. The Balaban J connectivity index is 2.11. The molecule has 2 aliphatic rings. The van der Waals surface area contributed by atoms with Crippen LogP contribution in [0.2, 0.25) is 0 Å². The van der Waals surface area contributed by atoms with Crippen LogP contribution in [-0.2, 0) is 19.1 Å². The van der Waals surface area contributed by atoms with Crippen molar-refractivity contribution in [2.45, 2.75) is 103 Å². The van der Waals surface area contributed by atoms with E-state index in [0.717, 1.165) is 38.5 Å². The molecule has 1 aliphatic carbocycles. The third-order valence-corrected chi connectivity index (χ3v) is 6.51. The fourth-order valence-electron chi connectivity index (χ4n) is 4.67. The summed E-state index contributed by atoms with van der Waals surface area (Å²) in [5.41, 5.74) is 0. The number of amides is 3. The van der Waals surface area contributed by atoms with Gasteiger partial charge in [0.15, 0.2) is 0 Å². The quantitative estimate of drug-likeness (QED) is 0.429. The number of nitrogens with zero attached hydrogens (tertiary/aromatic N) is 1. The molecule has 1 heterocycles. The summed E-state index contributed by atoms with van der Waals surface area (Å²) in [6.07, 6.45) is 7.18. The van der Waals surface area contributed by atoms with Gasteiger partial charge in [-0.3, -0.25) is 9.59 Å². The summed E-state index contributed by atoms with van der Waals surface area (Å²) >= 11 is 0. The number of carbonyl (C=O) groups excluding carboxylic acids is 3. The Morgan fingerprint density at radius 1 is 1.03 bits per heavy atom. The molecule has 3 atom stereocenters. The monoisotopic (exact) mass is 467 g/mol. The summed E-state index contributed by atoms with van der Waals surface area (Å²) in [4.78, 5) is 52.0. The molecule has 9 heteroatoms. The van der Waals surface area contributed by atoms with Gasteiger partial charge in [0.05, 0.1) is 6.61 Å². The maximum atomic E-state index is 13.6. The fourth-order valence-corrected chi connectivity index (χ4v) is 4.67. The van der Waals surface area contributed by atoms with E-state index in [-0.39, 0.29) is 24.3 Å². The number of hydrogen-bond donors (Lipinski definition) is 3. The van der Waals surface area contributed by atoms with Crippen molar-refractivity contribution in [3.8, 4) is 0 Å². The van der Waals surface area contributed by atoms with Crippen LogP contribution in [0, 0.1) is 11.8 Å². The molecule has 3 N–H and O–H groups in total. The highest BCUT2D eigenvalue weighted by Gasteiger charge is 2.41. The van der Waals surface area contributed by atoms with Crippen LogP contribution in [0.1, 0.15) is 85.0 Å². The Labute approximate surface area is 197 Å². The van der Waals surface area contributed by atoms with Crippen LogP contribution in [0.15, 0.2) is 0 Å². The molecule has 0 bridgehead atoms. The van der Waals surface area contributed by atoms with Crippen molar-refractivity contribution in [3.05, 3.63) is 0 Å². The molecule has 0 aromatic heterocycles. The SMILES string of the molecule is CCCCC(NC(=O)C1CCCN1C(=O)C(NC(=O)OCC(C)C)C1CCCCC1)C(=O)O. The van der Waals surface area contributed by atoms with E-state index in [1.807, 2.05) is 20.8 Å². The first-order valence-electron chi connectivity index (χ1n) is 12.5. The van der Waals surface area contributed by atoms with E-state index in [1.54, 1.807) is 0 Å². The number of carbonyl (C=O) groups is 4. The number of carboxylic acid groups (broad SMARTS) is 1. The van der Waals surface area contributed by atoms with Crippen LogP contribution in [-0.4, -0.2) is 65.2 Å². The Hall–Kier alpha value is -2.32. The van der Waals surface area contributed by atoms with Gasteiger partial charge in [-0.2, -0.15) is 0 Å². The van der Waals surface area contributed by atoms with Crippen LogP contribution >= 0.6 is 0 Å². The lowest BCUT2D eigenvalue weighted by atomic mass is 9.83. The van der Waals surface area contributed by atoms with Gasteiger partial charge < -0.3 is 25.4 Å². The van der Waals surface area contributed by atoms with Crippen molar-refractivity contribution in [1.82, 2.24) is 15.5 Å². The van der Waals surface area contributed by atoms with Crippen molar-refractivity contribution in [3.63, 3.8) is 0 Å². The number of hydrogen-bond acceptors (Lipinski definition) is 5. The topological polar surface area (TPSA) is 125 Å². The molecule has 33 heavy (non-hydrogen) atoms. The molecule has 0 aromatic rings. The molecule has 3 unspecified atom stereocenters. The predicted molar refractivity (Wildman–Crippen MR) is 124 cm³/mol. The lowest BCUT2D eigenvalue weighted by molar-refractivity contribution is -0.145. The third kappa shape index (κ3) is 8.19. The van der Waals surface area contributed by atoms with Crippen LogP contribution in [0.3, 0.4) is 0 Å². The van der Waals surface area contributed by atoms with Crippen LogP contribution in [0.25, 0.3) is 0 Å². The maximum absolute atomic E-state index is 13.6. The Bertz CT molecular complexity index is 677. The number of nitrogens with one attached hydrogen (secondary N) is 2. The fraction of sp³-hybridized carbons (Fsp3) is 0.833. The number of alkyl carbamates (subject to hydrolysis) is 1. The molecular weight excluding hydrogens is 426 g/mol. The van der Waals surface area contributed by atoms with Gasteiger partial charge in [-0.25, -0.2) is 9.59 Å². The molecule has 3 amide bonds. The first-order chi connectivity index (χ1) is 15.7. The van der Waals surface area contributed by atoms with E-state index < -0.39 is 36.1 Å². The molecule has 2 fully saturated rings. The second-order valence-electron chi connectivity index (χ2n) is 9.74. The minimum absolute atomic E-state index is 0.00140. The average molecular weight is 468 g/mol. The van der Waals surface area contributed by atoms with Gasteiger partial charge in [-0.1, -0.05) is 52.9 Å². The molecule has 0 radical (unpaired) electrons. The first-order valence-corrected chi connectivity index (χ1v) is 12.5. The molecule has 0 spiro atoms. The molecular formula is C24H41N3O6. The largest absolute Gasteiger partial charge is 0.480 e. The Kier molecular flexibility index (Phi) is 10.9. The summed E-state index contributed by atoms with van der Waals surface area (Å²) in [5.74, 6) is -1.60. The summed E-state index contributed by atoms with van der Waals surface area (Å²) in [6.45, 7) is 6.52. The third-order valence-electron chi connectivity index (χ3n) is 6.51. The second kappa shape index (κ2) is 13.4. The second-order valence-corrected chi connectivity index (χ2v) is 9.74. The highest BCUT2D eigenvalue weighted by atomic mass is 16.5. The van der Waals surface area contributed by atoms with E-state index in [0.29, 0.717) is 32.2 Å². The molecule has 2 rings (SSSR count). The number of ether oxygens (including phenoxy) is 1. The van der Waals surface area contributed by atoms with Gasteiger partial charge in [0.1, 0.15) is 18.1 Å². The average Bonchev–Trinajstić information content (AvgIpc) is 3.28. The van der Waals surface area contributed by atoms with E-state index in [1.165, 1.54) is 4.90 Å². The zero-order chi connectivity index (χ0) is 24.4. The van der Waals surface area contributed by atoms with Gasteiger partial charge in [0, 0.05) is 6.54 Å². The smallest absolute Gasteiger partial charge is 0.407 e. The first kappa shape index (κ1) is 26.9. The Morgan fingerprint density at radius 2 is 1.73 bits per heavy atom. The van der Waals surface area contributed by atoms with Crippen molar-refractivity contribution in [2.24, 2.45) is 11.8 Å². The van der Waals surface area contributed by atoms with Gasteiger partial charge in [0.2, 0.25) is 11.8 Å². The lowest BCUT2D eigenvalue weighted by Gasteiger charge is -2.34. The normalized spacial score (nSPS) is 20.8. The summed E-state index contributed by atoms with van der Waals surface area (Å²) in [7, 11) is 0. The molecule has 188 valence electrons. The molecule has 0 aromatic carbocycles. The molecule has 1 saturated carbocycles. The van der Waals surface area contributed by atoms with Crippen molar-refractivity contribution in [2.75, 3.05) is 13.2 Å².